The molecule has 1 aromatic carbocycles. The molecule has 0 amide bonds. The first-order chi connectivity index (χ1) is 12.3. The second-order valence-electron chi connectivity index (χ2n) is 5.65. The molecule has 0 atom stereocenters. The molecule has 3 aromatic rings. The van der Waals surface area contributed by atoms with Crippen LogP contribution in [0.4, 0.5) is 0 Å². The molecule has 0 radical (unpaired) electrons. The lowest BCUT2D eigenvalue weighted by Gasteiger charge is -2.10. The Morgan fingerprint density at radius 2 is 2.04 bits per heavy atom. The van der Waals surface area contributed by atoms with Gasteiger partial charge in [-0.25, -0.2) is 4.99 Å². The van der Waals surface area contributed by atoms with Crippen LogP contribution in [0.3, 0.4) is 0 Å². The number of aromatic nitrogens is 2. The van der Waals surface area contributed by atoms with Crippen molar-refractivity contribution in [3.63, 3.8) is 0 Å². The summed E-state index contributed by atoms with van der Waals surface area (Å²) in [7, 11) is 0. The summed E-state index contributed by atoms with van der Waals surface area (Å²) in [5.41, 5.74) is 2.38. The van der Waals surface area contributed by atoms with Crippen LogP contribution >= 0.6 is 24.0 Å². The third kappa shape index (κ3) is 6.21. The highest BCUT2D eigenvalue weighted by atomic mass is 127. The summed E-state index contributed by atoms with van der Waals surface area (Å²) < 4.78 is 7.25. The van der Waals surface area contributed by atoms with E-state index < -0.39 is 0 Å². The molecular formula is C19H24IN5O. The van der Waals surface area contributed by atoms with Gasteiger partial charge in [0.1, 0.15) is 5.76 Å². The van der Waals surface area contributed by atoms with E-state index in [1.807, 2.05) is 29.1 Å². The van der Waals surface area contributed by atoms with Gasteiger partial charge in [0.05, 0.1) is 25.9 Å². The lowest BCUT2D eigenvalue weighted by molar-refractivity contribution is 0.501. The second-order valence-corrected chi connectivity index (χ2v) is 5.65. The largest absolute Gasteiger partial charge is 0.467 e. The SMILES string of the molecule is CCNC(=NCc1cccc(Cn2cccn2)c1)NCc1ccco1.I. The maximum absolute atomic E-state index is 5.34. The van der Waals surface area contributed by atoms with Gasteiger partial charge in [0, 0.05) is 18.9 Å². The molecule has 0 aliphatic carbocycles. The molecule has 2 aromatic heterocycles. The first-order valence-corrected chi connectivity index (χ1v) is 8.43. The summed E-state index contributed by atoms with van der Waals surface area (Å²) in [5, 5.41) is 10.8. The fraction of sp³-hybridized carbons (Fsp3) is 0.263. The lowest BCUT2D eigenvalue weighted by Crippen LogP contribution is -2.36. The Morgan fingerprint density at radius 3 is 2.77 bits per heavy atom. The van der Waals surface area contributed by atoms with Gasteiger partial charge in [-0.2, -0.15) is 5.10 Å². The third-order valence-corrected chi connectivity index (χ3v) is 3.67. The number of nitrogens with one attached hydrogen (secondary N) is 2. The molecule has 0 aliphatic rings. The van der Waals surface area contributed by atoms with Crippen LogP contribution in [0.2, 0.25) is 0 Å². The Bertz CT molecular complexity index is 784. The van der Waals surface area contributed by atoms with Crippen LogP contribution in [0.15, 0.2) is 70.5 Å². The molecule has 0 aliphatic heterocycles. The number of furan rings is 1. The first-order valence-electron chi connectivity index (χ1n) is 8.43. The maximum Gasteiger partial charge on any atom is 0.191 e. The Morgan fingerprint density at radius 1 is 1.15 bits per heavy atom. The van der Waals surface area contributed by atoms with Gasteiger partial charge in [-0.15, -0.1) is 24.0 Å². The van der Waals surface area contributed by atoms with Crippen molar-refractivity contribution in [2.24, 2.45) is 4.99 Å². The van der Waals surface area contributed by atoms with Crippen molar-refractivity contribution in [2.75, 3.05) is 6.54 Å². The molecule has 2 heterocycles. The van der Waals surface area contributed by atoms with Crippen LogP contribution < -0.4 is 10.6 Å². The van der Waals surface area contributed by atoms with Crippen molar-refractivity contribution >= 4 is 29.9 Å². The predicted octanol–water partition coefficient (Wildman–Crippen LogP) is 3.40. The molecule has 3 rings (SSSR count). The summed E-state index contributed by atoms with van der Waals surface area (Å²) >= 11 is 0. The van der Waals surface area contributed by atoms with Gasteiger partial charge in [-0.1, -0.05) is 24.3 Å². The number of hydrogen-bond donors (Lipinski definition) is 2. The van der Waals surface area contributed by atoms with Crippen LogP contribution in [0, 0.1) is 0 Å². The van der Waals surface area contributed by atoms with E-state index >= 15 is 0 Å². The zero-order chi connectivity index (χ0) is 17.3. The Hall–Kier alpha value is -2.29. The van der Waals surface area contributed by atoms with Gasteiger partial charge in [0.2, 0.25) is 0 Å². The zero-order valence-corrected chi connectivity index (χ0v) is 17.1. The summed E-state index contributed by atoms with van der Waals surface area (Å²) in [6.45, 7) is 4.85. The van der Waals surface area contributed by atoms with Crippen molar-refractivity contribution in [1.82, 2.24) is 20.4 Å². The van der Waals surface area contributed by atoms with E-state index in [-0.39, 0.29) is 24.0 Å². The number of guanidine groups is 1. The fourth-order valence-electron chi connectivity index (χ4n) is 2.50. The van der Waals surface area contributed by atoms with Crippen molar-refractivity contribution in [3.05, 3.63) is 78.0 Å². The van der Waals surface area contributed by atoms with E-state index in [4.69, 9.17) is 4.42 Å². The molecule has 2 N–H and O–H groups in total. The molecule has 0 fully saturated rings. The standard InChI is InChI=1S/C19H23N5O.HI/c1-2-20-19(22-14-18-8-4-11-25-18)21-13-16-6-3-7-17(12-16)15-24-10-5-9-23-24;/h3-12H,2,13-15H2,1H3,(H2,20,21,22);1H. The summed E-state index contributed by atoms with van der Waals surface area (Å²) in [6.07, 6.45) is 5.43. The van der Waals surface area contributed by atoms with Gasteiger partial charge in [0.25, 0.3) is 0 Å². The molecule has 0 unspecified atom stereocenters. The molecule has 0 saturated carbocycles. The topological polar surface area (TPSA) is 67.4 Å². The minimum Gasteiger partial charge on any atom is -0.467 e. The molecule has 0 bridgehead atoms. The average molecular weight is 465 g/mol. The van der Waals surface area contributed by atoms with E-state index in [0.29, 0.717) is 13.1 Å². The summed E-state index contributed by atoms with van der Waals surface area (Å²) in [5.74, 6) is 1.66. The van der Waals surface area contributed by atoms with Crippen LogP contribution in [0.25, 0.3) is 0 Å². The third-order valence-electron chi connectivity index (χ3n) is 3.67. The van der Waals surface area contributed by atoms with Crippen molar-refractivity contribution in [3.8, 4) is 0 Å². The van der Waals surface area contributed by atoms with Crippen molar-refractivity contribution in [1.29, 1.82) is 0 Å². The van der Waals surface area contributed by atoms with Crippen molar-refractivity contribution < 1.29 is 4.42 Å². The van der Waals surface area contributed by atoms with Crippen molar-refractivity contribution in [2.45, 2.75) is 26.6 Å². The van der Waals surface area contributed by atoms with Gasteiger partial charge in [0.15, 0.2) is 5.96 Å². The summed E-state index contributed by atoms with van der Waals surface area (Å²) in [6, 6.07) is 14.2. The predicted molar refractivity (Wildman–Crippen MR) is 114 cm³/mol. The number of benzene rings is 1. The highest BCUT2D eigenvalue weighted by Gasteiger charge is 2.01. The highest BCUT2D eigenvalue weighted by molar-refractivity contribution is 14.0. The van der Waals surface area contributed by atoms with E-state index in [1.165, 1.54) is 11.1 Å². The average Bonchev–Trinajstić information content (AvgIpc) is 3.31. The van der Waals surface area contributed by atoms with E-state index in [0.717, 1.165) is 24.8 Å². The molecule has 0 saturated heterocycles. The van der Waals surface area contributed by atoms with E-state index in [9.17, 15) is 0 Å². The Labute approximate surface area is 170 Å². The minimum absolute atomic E-state index is 0. The quantitative estimate of drug-likeness (QED) is 0.319. The van der Waals surface area contributed by atoms with Gasteiger partial charge >= 0.3 is 0 Å². The van der Waals surface area contributed by atoms with Gasteiger partial charge < -0.3 is 15.1 Å². The molecule has 6 nitrogen and oxygen atoms in total. The van der Waals surface area contributed by atoms with Crippen LogP contribution in [-0.2, 0) is 19.6 Å². The normalized spacial score (nSPS) is 11.0. The summed E-state index contributed by atoms with van der Waals surface area (Å²) in [4.78, 5) is 4.65. The van der Waals surface area contributed by atoms with E-state index in [1.54, 1.807) is 12.5 Å². The van der Waals surface area contributed by atoms with Gasteiger partial charge in [-0.3, -0.25) is 4.68 Å². The molecule has 7 heteroatoms. The number of rotatable bonds is 7. The molecule has 0 spiro atoms. The number of aliphatic imine (C=N–C) groups is 1. The highest BCUT2D eigenvalue weighted by Crippen LogP contribution is 2.08. The van der Waals surface area contributed by atoms with Crippen LogP contribution in [0.5, 0.6) is 0 Å². The Balaban J connectivity index is 0.00000243. The van der Waals surface area contributed by atoms with Crippen LogP contribution in [-0.4, -0.2) is 22.3 Å². The fourth-order valence-corrected chi connectivity index (χ4v) is 2.50. The zero-order valence-electron chi connectivity index (χ0n) is 14.8. The van der Waals surface area contributed by atoms with Crippen LogP contribution in [0.1, 0.15) is 23.8 Å². The monoisotopic (exact) mass is 465 g/mol. The number of hydrogen-bond acceptors (Lipinski definition) is 3. The Kier molecular flexibility index (Phi) is 8.20. The molecule has 138 valence electrons. The molecule has 26 heavy (non-hydrogen) atoms. The number of nitrogens with zero attached hydrogens (tertiary/aromatic N) is 3. The molecular weight excluding hydrogens is 441 g/mol. The maximum atomic E-state index is 5.34. The van der Waals surface area contributed by atoms with Gasteiger partial charge in [-0.05, 0) is 36.2 Å². The minimum atomic E-state index is 0. The van der Waals surface area contributed by atoms with E-state index in [2.05, 4.69) is 51.9 Å². The number of halogens is 1. The second kappa shape index (κ2) is 10.6. The first kappa shape index (κ1) is 20.0. The smallest absolute Gasteiger partial charge is 0.191 e. The lowest BCUT2D eigenvalue weighted by atomic mass is 10.1.